The van der Waals surface area contributed by atoms with Crippen LogP contribution in [-0.2, 0) is 10.0 Å². The average molecular weight is 424 g/mol. The number of amidine groups is 1. The largest absolute Gasteiger partial charge is 0.503 e. The number of ether oxygens (including phenoxy) is 1. The minimum absolute atomic E-state index is 0.00662. The van der Waals surface area contributed by atoms with Crippen molar-refractivity contribution in [3.05, 3.63) is 52.0 Å². The number of phenols is 1. The highest BCUT2D eigenvalue weighted by atomic mass is 79.9. The molecule has 7 nitrogen and oxygen atoms in total. The summed E-state index contributed by atoms with van der Waals surface area (Å²) in [6.45, 7) is 2.22. The highest BCUT2D eigenvalue weighted by Gasteiger charge is 2.28. The van der Waals surface area contributed by atoms with E-state index >= 15 is 0 Å². The van der Waals surface area contributed by atoms with Crippen LogP contribution in [0.1, 0.15) is 18.1 Å². The first-order valence-corrected chi connectivity index (χ1v) is 9.54. The fraction of sp³-hybridized carbons (Fsp3) is 0.125. The molecule has 25 heavy (non-hydrogen) atoms. The standard InChI is InChI=1S/C16H14BrN3O4S/c1-2-24-13-8-10(7-12(17)15(13)21)9-18-19-16-11-5-3-4-6-14(11)25(22,23)20-16/h3-9,21H,2H2,1H3,(H,19,20)/b18-9-. The smallest absolute Gasteiger partial charge is 0.285 e. The van der Waals surface area contributed by atoms with Crippen molar-refractivity contribution in [1.82, 2.24) is 5.43 Å². The van der Waals surface area contributed by atoms with E-state index < -0.39 is 10.0 Å². The highest BCUT2D eigenvalue weighted by molar-refractivity contribution is 9.10. The summed E-state index contributed by atoms with van der Waals surface area (Å²) in [5, 5.41) is 13.9. The maximum Gasteiger partial charge on any atom is 0.285 e. The molecular formula is C16H14BrN3O4S. The van der Waals surface area contributed by atoms with Gasteiger partial charge in [0.25, 0.3) is 10.0 Å². The Morgan fingerprint density at radius 2 is 2.12 bits per heavy atom. The van der Waals surface area contributed by atoms with Crippen LogP contribution in [0.3, 0.4) is 0 Å². The number of aromatic hydroxyl groups is 1. The van der Waals surface area contributed by atoms with E-state index in [0.717, 1.165) is 0 Å². The number of sulfonamides is 1. The van der Waals surface area contributed by atoms with E-state index in [0.29, 0.717) is 28.0 Å². The zero-order valence-electron chi connectivity index (χ0n) is 13.1. The Labute approximate surface area is 153 Å². The Hall–Kier alpha value is -2.39. The average Bonchev–Trinajstić information content (AvgIpc) is 2.84. The van der Waals surface area contributed by atoms with Crippen molar-refractivity contribution in [2.24, 2.45) is 9.50 Å². The molecule has 2 aromatic carbocycles. The molecule has 2 aromatic rings. The number of hydrogen-bond acceptors (Lipinski definition) is 6. The number of hydrogen-bond donors (Lipinski definition) is 2. The van der Waals surface area contributed by atoms with Crippen LogP contribution in [0.2, 0.25) is 0 Å². The minimum atomic E-state index is -3.69. The molecule has 0 radical (unpaired) electrons. The fourth-order valence-electron chi connectivity index (χ4n) is 2.29. The van der Waals surface area contributed by atoms with E-state index in [1.165, 1.54) is 12.3 Å². The van der Waals surface area contributed by atoms with Crippen LogP contribution in [0.25, 0.3) is 0 Å². The minimum Gasteiger partial charge on any atom is -0.503 e. The van der Waals surface area contributed by atoms with E-state index in [1.54, 1.807) is 30.3 Å². The first kappa shape index (κ1) is 17.4. The topological polar surface area (TPSA) is 100 Å². The van der Waals surface area contributed by atoms with Crippen LogP contribution in [0.4, 0.5) is 0 Å². The van der Waals surface area contributed by atoms with E-state index in [2.05, 4.69) is 30.9 Å². The predicted molar refractivity (Wildman–Crippen MR) is 97.9 cm³/mol. The second-order valence-corrected chi connectivity index (χ2v) is 7.49. The van der Waals surface area contributed by atoms with Crippen molar-refractivity contribution < 1.29 is 18.3 Å². The van der Waals surface area contributed by atoms with Crippen molar-refractivity contribution in [3.8, 4) is 11.5 Å². The lowest BCUT2D eigenvalue weighted by Crippen LogP contribution is -2.17. The first-order chi connectivity index (χ1) is 11.9. The van der Waals surface area contributed by atoms with Crippen LogP contribution < -0.4 is 10.2 Å². The summed E-state index contributed by atoms with van der Waals surface area (Å²) in [5.74, 6) is 0.492. The number of benzene rings is 2. The molecule has 0 bridgehead atoms. The molecule has 1 aliphatic rings. The third-order valence-electron chi connectivity index (χ3n) is 3.37. The summed E-state index contributed by atoms with van der Waals surface area (Å²) in [6, 6.07) is 9.80. The molecule has 3 rings (SSSR count). The van der Waals surface area contributed by atoms with Crippen molar-refractivity contribution in [2.45, 2.75) is 11.8 Å². The molecule has 0 fully saturated rings. The Morgan fingerprint density at radius 3 is 2.88 bits per heavy atom. The number of nitrogens with one attached hydrogen (secondary N) is 1. The Kier molecular flexibility index (Phi) is 4.78. The number of nitrogens with zero attached hydrogens (tertiary/aromatic N) is 2. The van der Waals surface area contributed by atoms with Crippen LogP contribution >= 0.6 is 15.9 Å². The number of hydrazone groups is 1. The Morgan fingerprint density at radius 1 is 1.36 bits per heavy atom. The molecule has 0 atom stereocenters. The fourth-order valence-corrected chi connectivity index (χ4v) is 3.92. The van der Waals surface area contributed by atoms with Crippen molar-refractivity contribution >= 4 is 38.0 Å². The van der Waals surface area contributed by atoms with Gasteiger partial charge in [-0.1, -0.05) is 12.1 Å². The molecule has 0 amide bonds. The number of fused-ring (bicyclic) bond motifs is 1. The van der Waals surface area contributed by atoms with E-state index in [9.17, 15) is 13.5 Å². The first-order valence-electron chi connectivity index (χ1n) is 7.31. The van der Waals surface area contributed by atoms with Gasteiger partial charge in [0.15, 0.2) is 17.3 Å². The molecule has 1 heterocycles. The molecule has 0 unspecified atom stereocenters. The molecule has 0 aliphatic carbocycles. The molecule has 9 heteroatoms. The highest BCUT2D eigenvalue weighted by Crippen LogP contribution is 2.35. The normalized spacial score (nSPS) is 15.0. The summed E-state index contributed by atoms with van der Waals surface area (Å²) in [4.78, 5) is 0.152. The van der Waals surface area contributed by atoms with Crippen LogP contribution in [-0.4, -0.2) is 32.2 Å². The lowest BCUT2D eigenvalue weighted by molar-refractivity contribution is 0.317. The van der Waals surface area contributed by atoms with Gasteiger partial charge in [0, 0.05) is 5.56 Å². The van der Waals surface area contributed by atoms with Gasteiger partial charge in [-0.15, -0.1) is 4.40 Å². The molecule has 0 spiro atoms. The second-order valence-electron chi connectivity index (χ2n) is 5.06. The maximum absolute atomic E-state index is 12.0. The molecule has 0 aromatic heterocycles. The summed E-state index contributed by atoms with van der Waals surface area (Å²) < 4.78 is 33.4. The summed E-state index contributed by atoms with van der Waals surface area (Å²) in [7, 11) is -3.69. The molecule has 1 aliphatic heterocycles. The van der Waals surface area contributed by atoms with Gasteiger partial charge in [-0.25, -0.2) is 0 Å². The number of phenolic OH excluding ortho intramolecular Hbond substituents is 1. The molecular weight excluding hydrogens is 410 g/mol. The second kappa shape index (κ2) is 6.85. The van der Waals surface area contributed by atoms with Gasteiger partial charge in [0.1, 0.15) is 4.90 Å². The van der Waals surface area contributed by atoms with Gasteiger partial charge < -0.3 is 9.84 Å². The van der Waals surface area contributed by atoms with Crippen molar-refractivity contribution in [2.75, 3.05) is 6.61 Å². The van der Waals surface area contributed by atoms with Crippen molar-refractivity contribution in [1.29, 1.82) is 0 Å². The van der Waals surface area contributed by atoms with E-state index in [-0.39, 0.29) is 16.5 Å². The van der Waals surface area contributed by atoms with Gasteiger partial charge in [-0.2, -0.15) is 13.5 Å². The van der Waals surface area contributed by atoms with Crippen LogP contribution in [0.15, 0.2) is 55.3 Å². The van der Waals surface area contributed by atoms with Gasteiger partial charge in [0.05, 0.1) is 17.3 Å². The number of rotatable bonds is 4. The number of halogens is 1. The van der Waals surface area contributed by atoms with E-state index in [4.69, 9.17) is 4.74 Å². The van der Waals surface area contributed by atoms with Crippen molar-refractivity contribution in [3.63, 3.8) is 0 Å². The quantitative estimate of drug-likeness (QED) is 0.581. The zero-order chi connectivity index (χ0) is 18.0. The third kappa shape index (κ3) is 3.52. The molecule has 130 valence electrons. The zero-order valence-corrected chi connectivity index (χ0v) is 15.5. The van der Waals surface area contributed by atoms with Gasteiger partial charge in [-0.3, -0.25) is 5.43 Å². The maximum atomic E-state index is 12.0. The molecule has 0 saturated carbocycles. The molecule has 0 saturated heterocycles. The van der Waals surface area contributed by atoms with E-state index in [1.807, 2.05) is 6.92 Å². The molecule has 2 N–H and O–H groups in total. The predicted octanol–water partition coefficient (Wildman–Crippen LogP) is 2.63. The summed E-state index contributed by atoms with van der Waals surface area (Å²) >= 11 is 3.25. The van der Waals surface area contributed by atoms with Gasteiger partial charge in [-0.05, 0) is 52.7 Å². The lowest BCUT2D eigenvalue weighted by atomic mass is 10.2. The van der Waals surface area contributed by atoms with Crippen LogP contribution in [0, 0.1) is 0 Å². The lowest BCUT2D eigenvalue weighted by Gasteiger charge is -2.08. The SMILES string of the molecule is CCOc1cc(/C=N\NC2=NS(=O)(=O)c3ccccc32)cc(Br)c1O. The Balaban J connectivity index is 1.83. The van der Waals surface area contributed by atoms with Crippen LogP contribution in [0.5, 0.6) is 11.5 Å². The van der Waals surface area contributed by atoms with Gasteiger partial charge >= 0.3 is 0 Å². The summed E-state index contributed by atoms with van der Waals surface area (Å²) in [5.41, 5.74) is 3.77. The summed E-state index contributed by atoms with van der Waals surface area (Å²) in [6.07, 6.45) is 1.47. The monoisotopic (exact) mass is 423 g/mol. The van der Waals surface area contributed by atoms with Gasteiger partial charge in [0.2, 0.25) is 0 Å². The Bertz CT molecular complexity index is 987. The third-order valence-corrected chi connectivity index (χ3v) is 5.31.